The molecule has 6 nitrogen and oxygen atoms in total. The fraction of sp³-hybridized carbons (Fsp3) is 0.0968. The van der Waals surface area contributed by atoms with Crippen LogP contribution in [0.5, 0.6) is 5.75 Å². The summed E-state index contributed by atoms with van der Waals surface area (Å²) >= 11 is 0. The second-order valence-electron chi connectivity index (χ2n) is 8.81. The Balaban J connectivity index is 1.51. The number of rotatable bonds is 5. The molecule has 0 unspecified atom stereocenters. The fourth-order valence-corrected chi connectivity index (χ4v) is 3.87. The van der Waals surface area contributed by atoms with Gasteiger partial charge in [-0.25, -0.2) is 9.78 Å². The third kappa shape index (κ3) is 6.25. The molecule has 5 aromatic rings. The molecule has 198 valence electrons. The van der Waals surface area contributed by atoms with Gasteiger partial charge in [-0.1, -0.05) is 42.2 Å². The van der Waals surface area contributed by atoms with E-state index in [1.807, 2.05) is 43.3 Å². The molecule has 0 amide bonds. The third-order valence-corrected chi connectivity index (χ3v) is 5.84. The van der Waals surface area contributed by atoms with Crippen molar-refractivity contribution in [1.29, 1.82) is 0 Å². The first-order valence-electron chi connectivity index (χ1n) is 12.2. The monoisotopic (exact) mass is 538 g/mol. The molecule has 1 N–H and O–H groups in total. The van der Waals surface area contributed by atoms with Crippen LogP contribution in [0.1, 0.15) is 27.9 Å². The number of aromatic nitrogens is 4. The Labute approximate surface area is 227 Å². The number of pyridine rings is 1. The van der Waals surface area contributed by atoms with Crippen LogP contribution in [-0.2, 0) is 12.8 Å². The Morgan fingerprint density at radius 1 is 0.850 bits per heavy atom. The van der Waals surface area contributed by atoms with Crippen LogP contribution in [0.25, 0.3) is 22.8 Å². The first kappa shape index (κ1) is 26.4. The summed E-state index contributed by atoms with van der Waals surface area (Å²) in [5, 5.41) is 0. The summed E-state index contributed by atoms with van der Waals surface area (Å²) in [7, 11) is 0. The molecule has 2 aromatic heterocycles. The molecule has 0 fully saturated rings. The van der Waals surface area contributed by atoms with Gasteiger partial charge in [0.2, 0.25) is 0 Å². The van der Waals surface area contributed by atoms with Gasteiger partial charge in [0.1, 0.15) is 18.2 Å². The van der Waals surface area contributed by atoms with E-state index >= 15 is 0 Å². The van der Waals surface area contributed by atoms with Crippen LogP contribution < -0.4 is 10.4 Å². The lowest BCUT2D eigenvalue weighted by molar-refractivity contribution is -0.137. The molecule has 3 aromatic carbocycles. The van der Waals surface area contributed by atoms with Crippen molar-refractivity contribution >= 4 is 0 Å². The van der Waals surface area contributed by atoms with Crippen molar-refractivity contribution in [1.82, 2.24) is 19.9 Å². The van der Waals surface area contributed by atoms with Crippen molar-refractivity contribution in [3.8, 4) is 40.4 Å². The number of benzene rings is 3. The van der Waals surface area contributed by atoms with Gasteiger partial charge in [0.15, 0.2) is 5.82 Å². The zero-order valence-corrected chi connectivity index (χ0v) is 21.2. The number of halogens is 3. The number of hydrogen-bond acceptors (Lipinski definition) is 5. The predicted molar refractivity (Wildman–Crippen MR) is 144 cm³/mol. The van der Waals surface area contributed by atoms with Crippen LogP contribution in [-0.4, -0.2) is 19.9 Å². The summed E-state index contributed by atoms with van der Waals surface area (Å²) in [5.74, 6) is 5.63. The van der Waals surface area contributed by atoms with Crippen LogP contribution in [0, 0.1) is 18.8 Å². The van der Waals surface area contributed by atoms with Crippen LogP contribution in [0.3, 0.4) is 0 Å². The van der Waals surface area contributed by atoms with Crippen LogP contribution in [0.15, 0.2) is 95.9 Å². The molecule has 2 heterocycles. The maximum atomic E-state index is 14.1. The maximum absolute atomic E-state index is 14.1. The van der Waals surface area contributed by atoms with Gasteiger partial charge in [-0.2, -0.15) is 18.2 Å². The van der Waals surface area contributed by atoms with Crippen LogP contribution in [0.4, 0.5) is 13.2 Å². The maximum Gasteiger partial charge on any atom is 0.417 e. The zero-order chi connectivity index (χ0) is 28.1. The molecule has 0 saturated heterocycles. The molecular weight excluding hydrogens is 517 g/mol. The minimum Gasteiger partial charge on any atom is -0.487 e. The zero-order valence-electron chi connectivity index (χ0n) is 21.2. The largest absolute Gasteiger partial charge is 0.487 e. The van der Waals surface area contributed by atoms with Gasteiger partial charge in [0.25, 0.3) is 0 Å². The topological polar surface area (TPSA) is 80.8 Å². The number of nitrogens with one attached hydrogen (secondary N) is 1. The molecular formula is C31H21F3N4O2. The summed E-state index contributed by atoms with van der Waals surface area (Å²) in [4.78, 5) is 27.3. The summed E-state index contributed by atoms with van der Waals surface area (Å²) in [6.07, 6.45) is -3.10. The van der Waals surface area contributed by atoms with Crippen LogP contribution in [0.2, 0.25) is 0 Å². The highest BCUT2D eigenvalue weighted by Crippen LogP contribution is 2.41. The quantitative estimate of drug-likeness (QED) is 0.270. The van der Waals surface area contributed by atoms with E-state index in [-0.39, 0.29) is 24.0 Å². The van der Waals surface area contributed by atoms with E-state index in [1.165, 1.54) is 12.1 Å². The third-order valence-electron chi connectivity index (χ3n) is 5.84. The number of H-pyrrole nitrogens is 1. The van der Waals surface area contributed by atoms with Crippen molar-refractivity contribution in [2.45, 2.75) is 19.7 Å². The van der Waals surface area contributed by atoms with Gasteiger partial charge in [-0.3, -0.25) is 9.97 Å². The number of nitrogens with zero attached hydrogens (tertiary/aromatic N) is 3. The first-order chi connectivity index (χ1) is 19.3. The van der Waals surface area contributed by atoms with Gasteiger partial charge in [-0.05, 0) is 67.1 Å². The van der Waals surface area contributed by atoms with Crippen molar-refractivity contribution in [2.24, 2.45) is 0 Å². The minimum atomic E-state index is -4.74. The lowest BCUT2D eigenvalue weighted by atomic mass is 10.0. The Bertz CT molecular complexity index is 1750. The first-order valence-corrected chi connectivity index (χ1v) is 12.2. The minimum absolute atomic E-state index is 0.0375. The van der Waals surface area contributed by atoms with E-state index < -0.39 is 23.0 Å². The molecule has 40 heavy (non-hydrogen) atoms. The second kappa shape index (κ2) is 11.3. The lowest BCUT2D eigenvalue weighted by Gasteiger charge is -2.17. The van der Waals surface area contributed by atoms with Crippen molar-refractivity contribution in [3.63, 3.8) is 0 Å². The summed E-state index contributed by atoms with van der Waals surface area (Å²) in [5.41, 5.74) is 1.22. The number of alkyl halides is 3. The number of ether oxygens (including phenoxy) is 1. The van der Waals surface area contributed by atoms with Crippen molar-refractivity contribution < 1.29 is 17.9 Å². The van der Waals surface area contributed by atoms with E-state index in [4.69, 9.17) is 4.74 Å². The van der Waals surface area contributed by atoms with Gasteiger partial charge in [0, 0.05) is 22.9 Å². The molecule has 9 heteroatoms. The summed E-state index contributed by atoms with van der Waals surface area (Å²) < 4.78 is 48.0. The molecule has 0 aliphatic carbocycles. The molecule has 0 atom stereocenters. The fourth-order valence-electron chi connectivity index (χ4n) is 3.87. The average Bonchev–Trinajstić information content (AvgIpc) is 2.95. The highest BCUT2D eigenvalue weighted by Gasteiger charge is 2.36. The summed E-state index contributed by atoms with van der Waals surface area (Å²) in [6.45, 7) is 1.79. The molecule has 0 saturated carbocycles. The van der Waals surface area contributed by atoms with Gasteiger partial charge < -0.3 is 4.74 Å². The van der Waals surface area contributed by atoms with Crippen molar-refractivity contribution in [3.05, 3.63) is 130 Å². The number of hydrogen-bond donors (Lipinski definition) is 1. The van der Waals surface area contributed by atoms with Gasteiger partial charge >= 0.3 is 11.9 Å². The highest BCUT2D eigenvalue weighted by molar-refractivity contribution is 5.71. The molecule has 0 radical (unpaired) electrons. The van der Waals surface area contributed by atoms with E-state index in [0.717, 1.165) is 17.2 Å². The van der Waals surface area contributed by atoms with Gasteiger partial charge in [-0.15, -0.1) is 0 Å². The highest BCUT2D eigenvalue weighted by atomic mass is 19.4. The Morgan fingerprint density at radius 2 is 1.57 bits per heavy atom. The molecule has 0 spiro atoms. The lowest BCUT2D eigenvalue weighted by Crippen LogP contribution is -2.17. The normalized spacial score (nSPS) is 11.0. The average molecular weight is 539 g/mol. The number of aryl methyl sites for hydroxylation is 1. The standard InChI is InChI=1S/C31H21F3N4O2/c1-20-10-17-24(35-18-20)19-40-26-9-5-8-25(31(32,33)34)27(26)29-36-28(37-30(39)38-29)23-15-13-22(14-16-23)12-11-21-6-3-2-4-7-21/h2-10,13-18H,19H2,1H3,(H,36,37,38,39). The Kier molecular flexibility index (Phi) is 7.42. The van der Waals surface area contributed by atoms with E-state index in [9.17, 15) is 18.0 Å². The van der Waals surface area contributed by atoms with E-state index in [2.05, 4.69) is 31.8 Å². The number of aromatic amines is 1. The Morgan fingerprint density at radius 3 is 2.25 bits per heavy atom. The summed E-state index contributed by atoms with van der Waals surface area (Å²) in [6, 6.07) is 23.3. The predicted octanol–water partition coefficient (Wildman–Crippen LogP) is 6.20. The second-order valence-corrected chi connectivity index (χ2v) is 8.81. The van der Waals surface area contributed by atoms with Crippen LogP contribution >= 0.6 is 0 Å². The molecule has 5 rings (SSSR count). The SMILES string of the molecule is Cc1ccc(COc2cccc(C(F)(F)F)c2-c2nc(-c3ccc(C#Cc4ccccc4)cc3)nc(=O)[nH]2)nc1. The van der Waals surface area contributed by atoms with Gasteiger partial charge in [0.05, 0.1) is 16.8 Å². The Hall–Kier alpha value is -5.23. The molecule has 0 aliphatic rings. The molecule has 0 bridgehead atoms. The molecule has 0 aliphatic heterocycles. The smallest absolute Gasteiger partial charge is 0.417 e. The van der Waals surface area contributed by atoms with Crippen molar-refractivity contribution in [2.75, 3.05) is 0 Å². The van der Waals surface area contributed by atoms with E-state index in [0.29, 0.717) is 16.8 Å². The van der Waals surface area contributed by atoms with E-state index in [1.54, 1.807) is 36.5 Å².